The van der Waals surface area contributed by atoms with Crippen LogP contribution in [0.2, 0.25) is 0 Å². The molecule has 1 amide bonds. The molecule has 4 heterocycles. The summed E-state index contributed by atoms with van der Waals surface area (Å²) in [5.41, 5.74) is 2.52. The predicted octanol–water partition coefficient (Wildman–Crippen LogP) is 5.17. The molecule has 1 saturated heterocycles. The van der Waals surface area contributed by atoms with Gasteiger partial charge in [-0.05, 0) is 49.2 Å². The van der Waals surface area contributed by atoms with Crippen molar-refractivity contribution < 1.29 is 9.21 Å². The summed E-state index contributed by atoms with van der Waals surface area (Å²) in [6.45, 7) is 4.15. The second-order valence-corrected chi connectivity index (χ2v) is 9.86. The van der Waals surface area contributed by atoms with Crippen molar-refractivity contribution in [2.24, 2.45) is 0 Å². The van der Waals surface area contributed by atoms with Gasteiger partial charge in [0.05, 0.1) is 23.3 Å². The fraction of sp³-hybridized carbons (Fsp3) is 0.154. The highest BCUT2D eigenvalue weighted by Crippen LogP contribution is 2.34. The Hall–Kier alpha value is -3.69. The molecule has 0 unspecified atom stereocenters. The quantitative estimate of drug-likeness (QED) is 0.288. The van der Waals surface area contributed by atoms with Crippen LogP contribution in [0.3, 0.4) is 0 Å². The number of carbonyl (C=O) groups excluding carboxylic acids is 1. The van der Waals surface area contributed by atoms with E-state index in [0.717, 1.165) is 22.9 Å². The first kappa shape index (κ1) is 23.1. The Morgan fingerprint density at radius 1 is 1.14 bits per heavy atom. The first-order valence-corrected chi connectivity index (χ1v) is 12.3. The minimum atomic E-state index is -0.271. The number of furan rings is 1. The van der Waals surface area contributed by atoms with E-state index < -0.39 is 0 Å². The molecule has 5 rings (SSSR count). The Balaban J connectivity index is 1.58. The van der Waals surface area contributed by atoms with Crippen LogP contribution >= 0.6 is 24.0 Å². The van der Waals surface area contributed by atoms with Crippen molar-refractivity contribution in [1.29, 1.82) is 0 Å². The van der Waals surface area contributed by atoms with Crippen molar-refractivity contribution in [2.75, 3.05) is 5.32 Å². The summed E-state index contributed by atoms with van der Waals surface area (Å²) in [4.78, 5) is 33.4. The lowest BCUT2D eigenvalue weighted by Crippen LogP contribution is -2.27. The van der Waals surface area contributed by atoms with Crippen molar-refractivity contribution >= 4 is 51.7 Å². The van der Waals surface area contributed by atoms with E-state index in [4.69, 9.17) is 21.6 Å². The average Bonchev–Trinajstić information content (AvgIpc) is 3.46. The second-order valence-electron chi connectivity index (χ2n) is 8.19. The van der Waals surface area contributed by atoms with Gasteiger partial charge in [-0.3, -0.25) is 18.9 Å². The number of hydrogen-bond donors (Lipinski definition) is 1. The van der Waals surface area contributed by atoms with E-state index in [9.17, 15) is 9.59 Å². The van der Waals surface area contributed by atoms with Gasteiger partial charge in [0.2, 0.25) is 0 Å². The lowest BCUT2D eigenvalue weighted by atomic mass is 10.1. The fourth-order valence-electron chi connectivity index (χ4n) is 3.91. The first-order valence-electron chi connectivity index (χ1n) is 11.0. The second kappa shape index (κ2) is 9.52. The maximum Gasteiger partial charge on any atom is 0.267 e. The van der Waals surface area contributed by atoms with Crippen LogP contribution in [0, 0.1) is 6.92 Å². The molecule has 7 nitrogen and oxygen atoms in total. The van der Waals surface area contributed by atoms with E-state index in [2.05, 4.69) is 5.32 Å². The molecule has 0 aliphatic carbocycles. The van der Waals surface area contributed by atoms with Crippen LogP contribution in [0.25, 0.3) is 11.7 Å². The van der Waals surface area contributed by atoms with Crippen LogP contribution in [-0.2, 0) is 11.3 Å². The number of nitrogens with zero attached hydrogens (tertiary/aromatic N) is 3. The van der Waals surface area contributed by atoms with E-state index in [-0.39, 0.29) is 24.1 Å². The summed E-state index contributed by atoms with van der Waals surface area (Å²) in [6, 6.07) is 17.1. The lowest BCUT2D eigenvalue weighted by Gasteiger charge is -2.18. The molecular weight excluding hydrogens is 480 g/mol. The van der Waals surface area contributed by atoms with Crippen LogP contribution in [-0.4, -0.2) is 24.5 Å². The van der Waals surface area contributed by atoms with Crippen molar-refractivity contribution in [3.05, 3.63) is 105 Å². The molecule has 1 fully saturated rings. The van der Waals surface area contributed by atoms with Gasteiger partial charge in [-0.2, -0.15) is 0 Å². The van der Waals surface area contributed by atoms with Gasteiger partial charge in [0.15, 0.2) is 0 Å². The van der Waals surface area contributed by atoms with E-state index >= 15 is 0 Å². The number of amides is 1. The summed E-state index contributed by atoms with van der Waals surface area (Å²) in [6.07, 6.45) is 4.82. The van der Waals surface area contributed by atoms with Crippen molar-refractivity contribution in [3.63, 3.8) is 0 Å². The first-order chi connectivity index (χ1) is 16.9. The summed E-state index contributed by atoms with van der Waals surface area (Å²) < 4.78 is 7.29. The molecule has 0 bridgehead atoms. The number of rotatable bonds is 6. The van der Waals surface area contributed by atoms with Gasteiger partial charge in [0.1, 0.15) is 21.5 Å². The predicted molar refractivity (Wildman–Crippen MR) is 142 cm³/mol. The topological polar surface area (TPSA) is 79.8 Å². The number of fused-ring (bicyclic) bond motifs is 1. The summed E-state index contributed by atoms with van der Waals surface area (Å²) in [7, 11) is 0. The number of pyridine rings is 1. The third-order valence-electron chi connectivity index (χ3n) is 5.78. The molecule has 35 heavy (non-hydrogen) atoms. The number of thiocarbonyl (C=S) groups is 1. The highest BCUT2D eigenvalue weighted by molar-refractivity contribution is 8.26. The fourth-order valence-corrected chi connectivity index (χ4v) is 5.14. The summed E-state index contributed by atoms with van der Waals surface area (Å²) >= 11 is 6.61. The largest absolute Gasteiger partial charge is 0.467 e. The molecule has 176 valence electrons. The number of anilines is 1. The highest BCUT2D eigenvalue weighted by Gasteiger charge is 2.33. The molecule has 0 saturated carbocycles. The van der Waals surface area contributed by atoms with Gasteiger partial charge in [0, 0.05) is 12.2 Å². The lowest BCUT2D eigenvalue weighted by molar-refractivity contribution is -0.122. The monoisotopic (exact) mass is 502 g/mol. The molecule has 9 heteroatoms. The Morgan fingerprint density at radius 3 is 2.69 bits per heavy atom. The van der Waals surface area contributed by atoms with Crippen molar-refractivity contribution in [3.8, 4) is 0 Å². The zero-order chi connectivity index (χ0) is 24.5. The number of aryl methyl sites for hydroxylation is 1. The average molecular weight is 503 g/mol. The Kier molecular flexibility index (Phi) is 6.27. The van der Waals surface area contributed by atoms with Gasteiger partial charge >= 0.3 is 0 Å². The maximum absolute atomic E-state index is 13.6. The van der Waals surface area contributed by atoms with Crippen LogP contribution in [0.1, 0.15) is 35.4 Å². The molecule has 4 aromatic rings. The summed E-state index contributed by atoms with van der Waals surface area (Å²) in [5, 5.41) is 3.38. The maximum atomic E-state index is 13.6. The van der Waals surface area contributed by atoms with Gasteiger partial charge in [-0.1, -0.05) is 60.4 Å². The molecule has 1 N–H and O–H groups in total. The van der Waals surface area contributed by atoms with E-state index in [0.29, 0.717) is 32.0 Å². The van der Waals surface area contributed by atoms with Gasteiger partial charge in [0.25, 0.3) is 11.5 Å². The normalized spacial score (nSPS) is 15.8. The van der Waals surface area contributed by atoms with Gasteiger partial charge in [-0.25, -0.2) is 4.98 Å². The van der Waals surface area contributed by atoms with Crippen molar-refractivity contribution in [2.45, 2.75) is 26.4 Å². The molecule has 1 aliphatic heterocycles. The Labute approximate surface area is 211 Å². The third-order valence-corrected chi connectivity index (χ3v) is 7.16. The van der Waals surface area contributed by atoms with E-state index in [1.165, 1.54) is 9.30 Å². The smallest absolute Gasteiger partial charge is 0.267 e. The zero-order valence-electron chi connectivity index (χ0n) is 19.1. The SMILES string of the molecule is Cc1cccn2c(=O)c(/C=C3\SC(=S)N(Cc4ccco4)C3=O)c(N[C@@H](C)c3ccccc3)nc12. The molecule has 1 aromatic carbocycles. The van der Waals surface area contributed by atoms with Gasteiger partial charge < -0.3 is 9.73 Å². The minimum absolute atomic E-state index is 0.116. The molecule has 0 radical (unpaired) electrons. The molecular formula is C26H22N4O3S2. The Morgan fingerprint density at radius 2 is 1.94 bits per heavy atom. The highest BCUT2D eigenvalue weighted by atomic mass is 32.2. The number of carbonyl (C=O) groups is 1. The number of thioether (sulfide) groups is 1. The molecule has 1 aliphatic rings. The number of aromatic nitrogens is 2. The number of hydrogen-bond acceptors (Lipinski definition) is 7. The molecule has 0 spiro atoms. The van der Waals surface area contributed by atoms with Gasteiger partial charge in [-0.15, -0.1) is 0 Å². The standard InChI is InChI=1S/C26H22N4O3S2/c1-16-8-6-12-29-23(16)28-22(27-17(2)18-9-4-3-5-10-18)20(24(29)31)14-21-25(32)30(26(34)35-21)15-19-11-7-13-33-19/h3-14,17,27H,15H2,1-2H3/b21-14-/t17-/m0/s1. The third kappa shape index (κ3) is 4.52. The molecule has 1 atom stereocenters. The van der Waals surface area contributed by atoms with Crippen LogP contribution in [0.4, 0.5) is 5.82 Å². The molecule has 3 aromatic heterocycles. The van der Waals surface area contributed by atoms with E-state index in [1.807, 2.05) is 50.2 Å². The van der Waals surface area contributed by atoms with Crippen LogP contribution < -0.4 is 10.9 Å². The van der Waals surface area contributed by atoms with E-state index in [1.54, 1.807) is 36.7 Å². The zero-order valence-corrected chi connectivity index (χ0v) is 20.7. The van der Waals surface area contributed by atoms with Crippen LogP contribution in [0.15, 0.2) is 81.2 Å². The Bertz CT molecular complexity index is 1510. The summed E-state index contributed by atoms with van der Waals surface area (Å²) in [5.74, 6) is 0.772. The van der Waals surface area contributed by atoms with Crippen LogP contribution in [0.5, 0.6) is 0 Å². The number of benzene rings is 1. The number of nitrogens with one attached hydrogen (secondary N) is 1. The van der Waals surface area contributed by atoms with Crippen molar-refractivity contribution in [1.82, 2.24) is 14.3 Å². The minimum Gasteiger partial charge on any atom is -0.467 e.